The molecular weight excluding hydrogens is 298 g/mol. The second kappa shape index (κ2) is 7.85. The molecule has 6 heteroatoms. The number of benzene rings is 1. The molecule has 126 valence electrons. The smallest absolute Gasteiger partial charge is 0.335 e. The van der Waals surface area contributed by atoms with Crippen LogP contribution < -0.4 is 14.8 Å². The van der Waals surface area contributed by atoms with E-state index in [1.165, 1.54) is 26.4 Å². The van der Waals surface area contributed by atoms with E-state index in [0.29, 0.717) is 11.4 Å². The number of rotatable bonds is 5. The van der Waals surface area contributed by atoms with E-state index in [1.54, 1.807) is 0 Å². The number of hydrogen-bond acceptors (Lipinski definition) is 4. The minimum atomic E-state index is -1.09. The van der Waals surface area contributed by atoms with Crippen LogP contribution in [0.2, 0.25) is 0 Å². The maximum absolute atomic E-state index is 12.5. The number of amides is 1. The Morgan fingerprint density at radius 1 is 1.09 bits per heavy atom. The van der Waals surface area contributed by atoms with E-state index in [-0.39, 0.29) is 23.1 Å². The van der Waals surface area contributed by atoms with Crippen molar-refractivity contribution in [3.05, 3.63) is 17.7 Å². The minimum Gasteiger partial charge on any atom is -0.493 e. The topological polar surface area (TPSA) is 84.9 Å². The van der Waals surface area contributed by atoms with E-state index < -0.39 is 5.97 Å². The second-order valence-electron chi connectivity index (χ2n) is 5.74. The number of hydrogen-bond donors (Lipinski definition) is 2. The van der Waals surface area contributed by atoms with Crippen LogP contribution in [0, 0.1) is 5.92 Å². The molecule has 0 bridgehead atoms. The zero-order valence-corrected chi connectivity index (χ0v) is 13.6. The Balaban J connectivity index is 2.27. The maximum atomic E-state index is 12.5. The molecule has 0 radical (unpaired) electrons. The van der Waals surface area contributed by atoms with Gasteiger partial charge in [0.2, 0.25) is 5.91 Å². The van der Waals surface area contributed by atoms with Crippen LogP contribution in [-0.4, -0.2) is 31.2 Å². The average molecular weight is 321 g/mol. The summed E-state index contributed by atoms with van der Waals surface area (Å²) in [5.41, 5.74) is 0.373. The lowest BCUT2D eigenvalue weighted by atomic mass is 9.99. The predicted molar refractivity (Wildman–Crippen MR) is 86.3 cm³/mol. The Morgan fingerprint density at radius 3 is 2.26 bits per heavy atom. The van der Waals surface area contributed by atoms with E-state index >= 15 is 0 Å². The first-order chi connectivity index (χ1) is 11.1. The molecule has 1 fully saturated rings. The molecule has 1 aliphatic carbocycles. The summed E-state index contributed by atoms with van der Waals surface area (Å²) in [7, 11) is 2.89. The van der Waals surface area contributed by atoms with Crippen LogP contribution >= 0.6 is 0 Å². The molecule has 23 heavy (non-hydrogen) atoms. The molecule has 0 spiro atoms. The number of ether oxygens (including phenoxy) is 2. The molecule has 1 saturated carbocycles. The highest BCUT2D eigenvalue weighted by Crippen LogP contribution is 2.37. The summed E-state index contributed by atoms with van der Waals surface area (Å²) in [4.78, 5) is 23.8. The zero-order valence-electron chi connectivity index (χ0n) is 13.6. The number of anilines is 1. The summed E-state index contributed by atoms with van der Waals surface area (Å²) in [6.45, 7) is 0. The Bertz CT molecular complexity index is 577. The van der Waals surface area contributed by atoms with Crippen molar-refractivity contribution in [2.24, 2.45) is 5.92 Å². The molecule has 0 saturated heterocycles. The van der Waals surface area contributed by atoms with Crippen LogP contribution in [0.4, 0.5) is 5.69 Å². The second-order valence-corrected chi connectivity index (χ2v) is 5.74. The Morgan fingerprint density at radius 2 is 1.74 bits per heavy atom. The quantitative estimate of drug-likeness (QED) is 0.813. The normalized spacial score (nSPS) is 15.6. The van der Waals surface area contributed by atoms with Gasteiger partial charge >= 0.3 is 5.97 Å². The van der Waals surface area contributed by atoms with Gasteiger partial charge in [0.25, 0.3) is 0 Å². The van der Waals surface area contributed by atoms with E-state index in [1.807, 2.05) is 0 Å². The number of methoxy groups -OCH3 is 2. The van der Waals surface area contributed by atoms with E-state index in [9.17, 15) is 14.7 Å². The fraction of sp³-hybridized carbons (Fsp3) is 0.529. The first-order valence-electron chi connectivity index (χ1n) is 7.87. The molecule has 2 rings (SSSR count). The van der Waals surface area contributed by atoms with Crippen molar-refractivity contribution < 1.29 is 24.2 Å². The molecule has 1 aromatic carbocycles. The molecule has 0 aliphatic heterocycles. The van der Waals surface area contributed by atoms with Crippen molar-refractivity contribution in [3.8, 4) is 11.5 Å². The lowest BCUT2D eigenvalue weighted by Gasteiger charge is -2.18. The Labute approximate surface area is 135 Å². The number of carbonyl (C=O) groups excluding carboxylic acids is 1. The van der Waals surface area contributed by atoms with Gasteiger partial charge in [0.1, 0.15) is 0 Å². The van der Waals surface area contributed by atoms with Crippen LogP contribution in [0.15, 0.2) is 12.1 Å². The van der Waals surface area contributed by atoms with Crippen molar-refractivity contribution in [1.82, 2.24) is 0 Å². The first-order valence-corrected chi connectivity index (χ1v) is 7.87. The number of carbonyl (C=O) groups is 2. The van der Waals surface area contributed by atoms with Gasteiger partial charge in [-0.3, -0.25) is 4.79 Å². The molecular formula is C17H23NO5. The average Bonchev–Trinajstić information content (AvgIpc) is 2.83. The van der Waals surface area contributed by atoms with Crippen LogP contribution in [0.1, 0.15) is 48.9 Å². The summed E-state index contributed by atoms with van der Waals surface area (Å²) >= 11 is 0. The van der Waals surface area contributed by atoms with Crippen molar-refractivity contribution in [2.45, 2.75) is 38.5 Å². The third kappa shape index (κ3) is 4.15. The van der Waals surface area contributed by atoms with E-state index in [4.69, 9.17) is 9.47 Å². The highest BCUT2D eigenvalue weighted by atomic mass is 16.5. The van der Waals surface area contributed by atoms with Crippen molar-refractivity contribution in [3.63, 3.8) is 0 Å². The zero-order chi connectivity index (χ0) is 16.8. The Kier molecular flexibility index (Phi) is 5.84. The number of aromatic carboxylic acids is 1. The molecule has 0 aromatic heterocycles. The molecule has 6 nitrogen and oxygen atoms in total. The SMILES string of the molecule is COc1cc(C(=O)O)cc(NC(=O)C2CCCCCC2)c1OC. The number of carboxylic acid groups (broad SMARTS) is 1. The van der Waals surface area contributed by atoms with Gasteiger partial charge in [-0.2, -0.15) is 0 Å². The van der Waals surface area contributed by atoms with Gasteiger partial charge in [-0.25, -0.2) is 4.79 Å². The van der Waals surface area contributed by atoms with E-state index in [2.05, 4.69) is 5.32 Å². The van der Waals surface area contributed by atoms with E-state index in [0.717, 1.165) is 38.5 Å². The largest absolute Gasteiger partial charge is 0.493 e. The molecule has 1 aromatic rings. The van der Waals surface area contributed by atoms with Gasteiger partial charge in [-0.15, -0.1) is 0 Å². The summed E-state index contributed by atoms with van der Waals surface area (Å²) in [5, 5.41) is 12.0. The highest BCUT2D eigenvalue weighted by molar-refractivity contribution is 5.97. The first kappa shape index (κ1) is 17.1. The van der Waals surface area contributed by atoms with Crippen LogP contribution in [0.25, 0.3) is 0 Å². The third-order valence-corrected chi connectivity index (χ3v) is 4.21. The fourth-order valence-electron chi connectivity index (χ4n) is 2.96. The van der Waals surface area contributed by atoms with Gasteiger partial charge in [-0.05, 0) is 25.0 Å². The van der Waals surface area contributed by atoms with Gasteiger partial charge < -0.3 is 19.9 Å². The summed E-state index contributed by atoms with van der Waals surface area (Å²) < 4.78 is 10.5. The standard InChI is InChI=1S/C17H23NO5/c1-22-14-10-12(17(20)21)9-13(15(14)23-2)18-16(19)11-7-5-3-4-6-8-11/h9-11H,3-8H2,1-2H3,(H,18,19)(H,20,21). The highest BCUT2D eigenvalue weighted by Gasteiger charge is 2.23. The van der Waals surface area contributed by atoms with Gasteiger partial charge in [-0.1, -0.05) is 25.7 Å². The molecule has 0 unspecified atom stereocenters. The van der Waals surface area contributed by atoms with Crippen molar-refractivity contribution in [1.29, 1.82) is 0 Å². The van der Waals surface area contributed by atoms with Crippen LogP contribution in [-0.2, 0) is 4.79 Å². The number of carboxylic acids is 1. The van der Waals surface area contributed by atoms with Gasteiger partial charge in [0, 0.05) is 5.92 Å². The van der Waals surface area contributed by atoms with Crippen molar-refractivity contribution in [2.75, 3.05) is 19.5 Å². The molecule has 2 N–H and O–H groups in total. The molecule has 0 heterocycles. The molecule has 1 aliphatic rings. The van der Waals surface area contributed by atoms with Crippen LogP contribution in [0.3, 0.4) is 0 Å². The predicted octanol–water partition coefficient (Wildman–Crippen LogP) is 3.31. The Hall–Kier alpha value is -2.24. The maximum Gasteiger partial charge on any atom is 0.335 e. The third-order valence-electron chi connectivity index (χ3n) is 4.21. The minimum absolute atomic E-state index is 0.0401. The summed E-state index contributed by atoms with van der Waals surface area (Å²) in [6, 6.07) is 2.78. The van der Waals surface area contributed by atoms with Gasteiger partial charge in [0.05, 0.1) is 25.5 Å². The molecule has 0 atom stereocenters. The number of nitrogens with one attached hydrogen (secondary N) is 1. The monoisotopic (exact) mass is 321 g/mol. The summed E-state index contributed by atoms with van der Waals surface area (Å²) in [6.07, 6.45) is 6.15. The lowest BCUT2D eigenvalue weighted by molar-refractivity contribution is -0.120. The van der Waals surface area contributed by atoms with Crippen LogP contribution in [0.5, 0.6) is 11.5 Å². The molecule has 1 amide bonds. The van der Waals surface area contributed by atoms with Gasteiger partial charge in [0.15, 0.2) is 11.5 Å². The fourth-order valence-corrected chi connectivity index (χ4v) is 2.96. The summed E-state index contributed by atoms with van der Waals surface area (Å²) in [5.74, 6) is -0.601. The van der Waals surface area contributed by atoms with Crippen molar-refractivity contribution >= 4 is 17.6 Å². The lowest BCUT2D eigenvalue weighted by Crippen LogP contribution is -2.23.